The Morgan fingerprint density at radius 2 is 1.71 bits per heavy atom. The largest absolute Gasteiger partial charge is 0.369 e. The number of rotatable bonds is 5. The topological polar surface area (TPSA) is 34.1 Å². The van der Waals surface area contributed by atoms with Crippen LogP contribution in [0.15, 0.2) is 29.4 Å². The average Bonchev–Trinajstić information content (AvgIpc) is 3.03. The molecule has 0 radical (unpaired) electrons. The number of benzene rings is 1. The molecule has 2 heterocycles. The van der Waals surface area contributed by atoms with Gasteiger partial charge in [-0.15, -0.1) is 0 Å². The van der Waals surface area contributed by atoms with Crippen molar-refractivity contribution in [1.29, 1.82) is 0 Å². The quantitative estimate of drug-likeness (QED) is 0.828. The fraction of sp³-hybridized carbons (Fsp3) is 0.533. The molecule has 1 aromatic rings. The highest BCUT2D eigenvalue weighted by Crippen LogP contribution is 2.27. The lowest BCUT2D eigenvalue weighted by Gasteiger charge is -2.30. The lowest BCUT2D eigenvalue weighted by molar-refractivity contribution is -0.141. The van der Waals surface area contributed by atoms with Crippen LogP contribution in [0.5, 0.6) is 0 Å². The van der Waals surface area contributed by atoms with E-state index < -0.39 is 18.9 Å². The van der Waals surface area contributed by atoms with E-state index in [9.17, 15) is 17.6 Å². The van der Waals surface area contributed by atoms with E-state index in [1.807, 2.05) is 24.3 Å². The summed E-state index contributed by atoms with van der Waals surface area (Å²) in [4.78, 5) is 3.90. The van der Waals surface area contributed by atoms with E-state index in [0.29, 0.717) is 0 Å². The van der Waals surface area contributed by atoms with Gasteiger partial charge in [-0.25, -0.2) is 8.78 Å². The van der Waals surface area contributed by atoms with Gasteiger partial charge in [0.25, 0.3) is 0 Å². The summed E-state index contributed by atoms with van der Waals surface area (Å²) in [6, 6.07) is 7.67. The summed E-state index contributed by atoms with van der Waals surface area (Å²) < 4.78 is 50.7. The van der Waals surface area contributed by atoms with Crippen LogP contribution in [0.2, 0.25) is 0 Å². The van der Waals surface area contributed by atoms with Crippen LogP contribution in [0.25, 0.3) is 0 Å². The number of hydrogen-bond acceptors (Lipinski definition) is 5. The Labute approximate surface area is 137 Å². The number of piperazine rings is 1. The van der Waals surface area contributed by atoms with Crippen molar-refractivity contribution in [3.05, 3.63) is 24.3 Å². The van der Waals surface area contributed by atoms with Gasteiger partial charge < -0.3 is 15.1 Å². The summed E-state index contributed by atoms with van der Waals surface area (Å²) in [7, 11) is 0. The molecule has 0 spiro atoms. The fourth-order valence-electron chi connectivity index (χ4n) is 2.71. The number of hydrazone groups is 1. The van der Waals surface area contributed by atoms with Gasteiger partial charge in [0.1, 0.15) is 19.6 Å². The Morgan fingerprint density at radius 3 is 2.33 bits per heavy atom. The number of anilines is 2. The average molecular weight is 345 g/mol. The predicted molar refractivity (Wildman–Crippen MR) is 85.0 cm³/mol. The van der Waals surface area contributed by atoms with Gasteiger partial charge in [0.2, 0.25) is 0 Å². The van der Waals surface area contributed by atoms with Crippen LogP contribution in [0, 0.1) is 0 Å². The summed E-state index contributed by atoms with van der Waals surface area (Å²) in [6.45, 7) is 2.66. The first-order valence-electron chi connectivity index (χ1n) is 7.73. The minimum atomic E-state index is -4.07. The van der Waals surface area contributed by atoms with Gasteiger partial charge in [-0.1, -0.05) is 0 Å². The first kappa shape index (κ1) is 16.8. The van der Waals surface area contributed by atoms with Crippen molar-refractivity contribution < 1.29 is 17.6 Å². The highest BCUT2D eigenvalue weighted by Gasteiger charge is 2.43. The number of nitrogens with one attached hydrogen (secondary N) is 1. The number of nitrogens with zero attached hydrogens (tertiary/aromatic N) is 4. The van der Waals surface area contributed by atoms with E-state index in [-0.39, 0.29) is 6.67 Å². The molecule has 0 amide bonds. The highest BCUT2D eigenvalue weighted by molar-refractivity contribution is 5.80. The predicted octanol–water partition coefficient (Wildman–Crippen LogP) is 2.02. The summed E-state index contributed by atoms with van der Waals surface area (Å²) in [5.74, 6) is -4.07. The van der Waals surface area contributed by atoms with Crippen molar-refractivity contribution in [2.45, 2.75) is 12.3 Å². The molecule has 1 aromatic carbocycles. The first-order chi connectivity index (χ1) is 11.5. The molecule has 0 bridgehead atoms. The normalized spacial score (nSPS) is 18.8. The van der Waals surface area contributed by atoms with Gasteiger partial charge in [-0.2, -0.15) is 13.9 Å². The second-order valence-corrected chi connectivity index (χ2v) is 5.82. The van der Waals surface area contributed by atoms with Crippen LogP contribution in [0.4, 0.5) is 28.9 Å². The van der Waals surface area contributed by atoms with E-state index in [1.165, 1.54) is 6.34 Å². The maximum Gasteiger partial charge on any atom is 0.326 e. The van der Waals surface area contributed by atoms with Crippen LogP contribution in [-0.4, -0.2) is 63.1 Å². The number of hydrogen-bond donors (Lipinski definition) is 1. The van der Waals surface area contributed by atoms with Gasteiger partial charge in [0.05, 0.1) is 0 Å². The summed E-state index contributed by atoms with van der Waals surface area (Å²) >= 11 is 0. The third-order valence-electron chi connectivity index (χ3n) is 4.05. The van der Waals surface area contributed by atoms with E-state index in [1.54, 1.807) is 4.90 Å². The summed E-state index contributed by atoms with van der Waals surface area (Å²) in [5.41, 5.74) is 1.87. The van der Waals surface area contributed by atoms with Gasteiger partial charge in [0, 0.05) is 37.6 Å². The molecule has 3 rings (SSSR count). The van der Waals surface area contributed by atoms with E-state index in [2.05, 4.69) is 15.3 Å². The minimum Gasteiger partial charge on any atom is -0.369 e. The Bertz CT molecular complexity index is 572. The van der Waals surface area contributed by atoms with Crippen molar-refractivity contribution in [3.63, 3.8) is 0 Å². The maximum absolute atomic E-state index is 13.1. The molecule has 0 saturated carbocycles. The zero-order valence-corrected chi connectivity index (χ0v) is 13.0. The Hall–Kier alpha value is -2.03. The second-order valence-electron chi connectivity index (χ2n) is 5.82. The van der Waals surface area contributed by atoms with E-state index >= 15 is 0 Å². The lowest BCUT2D eigenvalue weighted by Crippen LogP contribution is -2.43. The molecule has 0 atom stereocenters. The van der Waals surface area contributed by atoms with Crippen molar-refractivity contribution in [2.24, 2.45) is 5.10 Å². The van der Waals surface area contributed by atoms with Crippen LogP contribution in [0.3, 0.4) is 0 Å². The molecule has 9 heteroatoms. The van der Waals surface area contributed by atoms with Gasteiger partial charge in [-0.05, 0) is 24.3 Å². The van der Waals surface area contributed by atoms with Crippen LogP contribution in [0.1, 0.15) is 0 Å². The zero-order chi connectivity index (χ0) is 17.2. The molecule has 24 heavy (non-hydrogen) atoms. The van der Waals surface area contributed by atoms with Gasteiger partial charge in [-0.3, -0.25) is 5.01 Å². The first-order valence-corrected chi connectivity index (χ1v) is 7.73. The highest BCUT2D eigenvalue weighted by atomic mass is 19.3. The monoisotopic (exact) mass is 345 g/mol. The van der Waals surface area contributed by atoms with Gasteiger partial charge >= 0.3 is 12.3 Å². The number of alkyl halides is 4. The smallest absolute Gasteiger partial charge is 0.326 e. The molecule has 2 aliphatic heterocycles. The Balaban J connectivity index is 1.59. The molecular formula is C15H19F4N5. The summed E-state index contributed by atoms with van der Waals surface area (Å²) in [5, 5.41) is 8.00. The van der Waals surface area contributed by atoms with Crippen LogP contribution < -0.4 is 15.1 Å². The number of halogens is 4. The van der Waals surface area contributed by atoms with E-state index in [0.717, 1.165) is 42.6 Å². The SMILES string of the molecule is FC(F)C(F)(F)CN1CN(c2ccc(N3CCNCC3)cc2)C=N1. The lowest BCUT2D eigenvalue weighted by atomic mass is 10.2. The fourth-order valence-corrected chi connectivity index (χ4v) is 2.71. The zero-order valence-electron chi connectivity index (χ0n) is 13.0. The molecule has 5 nitrogen and oxygen atoms in total. The Morgan fingerprint density at radius 1 is 1.08 bits per heavy atom. The van der Waals surface area contributed by atoms with Crippen LogP contribution in [-0.2, 0) is 0 Å². The molecule has 0 aromatic heterocycles. The van der Waals surface area contributed by atoms with Crippen molar-refractivity contribution >= 4 is 17.7 Å². The molecule has 2 aliphatic rings. The molecule has 1 saturated heterocycles. The maximum atomic E-state index is 13.1. The van der Waals surface area contributed by atoms with Crippen molar-refractivity contribution in [2.75, 3.05) is 49.2 Å². The molecule has 0 unspecified atom stereocenters. The standard InChI is InChI=1S/C15H19F4N5/c16-14(17)15(18,19)9-24-11-23(10-21-24)13-3-1-12(2-4-13)22-7-5-20-6-8-22/h1-4,10,14,20H,5-9,11H2. The van der Waals surface area contributed by atoms with Crippen molar-refractivity contribution in [3.8, 4) is 0 Å². The van der Waals surface area contributed by atoms with Crippen molar-refractivity contribution in [1.82, 2.24) is 10.3 Å². The third-order valence-corrected chi connectivity index (χ3v) is 4.05. The van der Waals surface area contributed by atoms with Crippen LogP contribution >= 0.6 is 0 Å². The second kappa shape index (κ2) is 6.84. The molecule has 0 aliphatic carbocycles. The molecule has 132 valence electrons. The molecule has 1 fully saturated rings. The Kier molecular flexibility index (Phi) is 4.79. The molecule has 1 N–H and O–H groups in total. The third kappa shape index (κ3) is 3.72. The van der Waals surface area contributed by atoms with E-state index in [4.69, 9.17) is 0 Å². The van der Waals surface area contributed by atoms with Gasteiger partial charge in [0.15, 0.2) is 0 Å². The molecular weight excluding hydrogens is 326 g/mol. The summed E-state index contributed by atoms with van der Waals surface area (Å²) in [6.07, 6.45) is -2.32. The minimum absolute atomic E-state index is 0.0231.